The average molecular weight is 215 g/mol. The van der Waals surface area contributed by atoms with Crippen molar-refractivity contribution in [3.8, 4) is 0 Å². The SMILES string of the molecule is C(=C/c1ccccc1)/CNC1CCCCC1. The highest BCUT2D eigenvalue weighted by molar-refractivity contribution is 5.48. The van der Waals surface area contributed by atoms with Gasteiger partial charge in [0, 0.05) is 12.6 Å². The Bertz CT molecular complexity index is 309. The zero-order chi connectivity index (χ0) is 11.1. The highest BCUT2D eigenvalue weighted by Gasteiger charge is 2.10. The van der Waals surface area contributed by atoms with Crippen LogP contribution in [0, 0.1) is 0 Å². The van der Waals surface area contributed by atoms with Crippen molar-refractivity contribution in [3.63, 3.8) is 0 Å². The van der Waals surface area contributed by atoms with Crippen LogP contribution in [-0.4, -0.2) is 12.6 Å². The van der Waals surface area contributed by atoms with Crippen molar-refractivity contribution in [1.82, 2.24) is 5.32 Å². The molecule has 1 saturated carbocycles. The van der Waals surface area contributed by atoms with Crippen molar-refractivity contribution >= 4 is 6.08 Å². The van der Waals surface area contributed by atoms with Gasteiger partial charge in [-0.2, -0.15) is 0 Å². The Morgan fingerprint density at radius 1 is 1.06 bits per heavy atom. The summed E-state index contributed by atoms with van der Waals surface area (Å²) in [6.07, 6.45) is 11.4. The van der Waals surface area contributed by atoms with E-state index in [0.29, 0.717) is 0 Å². The minimum Gasteiger partial charge on any atom is -0.311 e. The summed E-state index contributed by atoms with van der Waals surface area (Å²) in [5, 5.41) is 3.61. The predicted molar refractivity (Wildman–Crippen MR) is 70.4 cm³/mol. The Kier molecular flexibility index (Phi) is 4.63. The first-order chi connectivity index (χ1) is 7.95. The van der Waals surface area contributed by atoms with E-state index in [1.54, 1.807) is 0 Å². The molecule has 0 saturated heterocycles. The molecule has 1 N–H and O–H groups in total. The molecule has 0 bridgehead atoms. The first-order valence-corrected chi connectivity index (χ1v) is 6.40. The summed E-state index contributed by atoms with van der Waals surface area (Å²) in [6, 6.07) is 11.2. The fraction of sp³-hybridized carbons (Fsp3) is 0.467. The van der Waals surface area contributed by atoms with Gasteiger partial charge in [-0.15, -0.1) is 0 Å². The zero-order valence-electron chi connectivity index (χ0n) is 9.86. The molecule has 0 radical (unpaired) electrons. The highest BCUT2D eigenvalue weighted by atomic mass is 14.9. The van der Waals surface area contributed by atoms with Crippen molar-refractivity contribution in [2.24, 2.45) is 0 Å². The molecule has 2 rings (SSSR count). The van der Waals surface area contributed by atoms with Gasteiger partial charge in [-0.3, -0.25) is 0 Å². The largest absolute Gasteiger partial charge is 0.311 e. The second-order valence-electron chi connectivity index (χ2n) is 4.56. The standard InChI is InChI=1S/C15H21N/c1-3-8-14(9-4-1)10-7-13-16-15-11-5-2-6-12-15/h1,3-4,7-10,15-16H,2,5-6,11-13H2/b10-7-. The van der Waals surface area contributed by atoms with E-state index in [-0.39, 0.29) is 0 Å². The van der Waals surface area contributed by atoms with Gasteiger partial charge in [0.2, 0.25) is 0 Å². The summed E-state index contributed by atoms with van der Waals surface area (Å²) in [6.45, 7) is 1.000. The normalized spacial score (nSPS) is 18.0. The molecule has 1 aromatic rings. The monoisotopic (exact) mass is 215 g/mol. The second kappa shape index (κ2) is 6.49. The van der Waals surface area contributed by atoms with Gasteiger partial charge in [-0.1, -0.05) is 61.7 Å². The quantitative estimate of drug-likeness (QED) is 0.809. The fourth-order valence-corrected chi connectivity index (χ4v) is 2.30. The average Bonchev–Trinajstić information content (AvgIpc) is 2.37. The van der Waals surface area contributed by atoms with Crippen LogP contribution in [0.4, 0.5) is 0 Å². The summed E-state index contributed by atoms with van der Waals surface area (Å²) < 4.78 is 0. The Morgan fingerprint density at radius 2 is 1.81 bits per heavy atom. The minimum atomic E-state index is 0.758. The molecule has 1 fully saturated rings. The van der Waals surface area contributed by atoms with Crippen molar-refractivity contribution in [1.29, 1.82) is 0 Å². The second-order valence-corrected chi connectivity index (χ2v) is 4.56. The molecule has 1 nitrogen and oxygen atoms in total. The van der Waals surface area contributed by atoms with Gasteiger partial charge in [-0.05, 0) is 18.4 Å². The summed E-state index contributed by atoms with van der Waals surface area (Å²) >= 11 is 0. The fourth-order valence-electron chi connectivity index (χ4n) is 2.30. The molecule has 0 aliphatic heterocycles. The van der Waals surface area contributed by atoms with Crippen LogP contribution in [0.25, 0.3) is 6.08 Å². The van der Waals surface area contributed by atoms with Crippen molar-refractivity contribution in [2.75, 3.05) is 6.54 Å². The molecular formula is C15H21N. The van der Waals surface area contributed by atoms with Crippen molar-refractivity contribution in [3.05, 3.63) is 42.0 Å². The van der Waals surface area contributed by atoms with Gasteiger partial charge in [0.25, 0.3) is 0 Å². The lowest BCUT2D eigenvalue weighted by Crippen LogP contribution is -2.30. The molecule has 1 aliphatic rings. The summed E-state index contributed by atoms with van der Waals surface area (Å²) in [4.78, 5) is 0. The first-order valence-electron chi connectivity index (χ1n) is 6.40. The van der Waals surface area contributed by atoms with Crippen LogP contribution in [0.5, 0.6) is 0 Å². The maximum absolute atomic E-state index is 3.61. The van der Waals surface area contributed by atoms with Crippen LogP contribution in [-0.2, 0) is 0 Å². The zero-order valence-corrected chi connectivity index (χ0v) is 9.86. The van der Waals surface area contributed by atoms with E-state index in [1.807, 2.05) is 0 Å². The van der Waals surface area contributed by atoms with Crippen LogP contribution in [0.15, 0.2) is 36.4 Å². The topological polar surface area (TPSA) is 12.0 Å². The Labute approximate surface area is 98.6 Å². The maximum Gasteiger partial charge on any atom is 0.0140 e. The summed E-state index contributed by atoms with van der Waals surface area (Å²) in [5.74, 6) is 0. The molecule has 16 heavy (non-hydrogen) atoms. The lowest BCUT2D eigenvalue weighted by atomic mass is 9.95. The Balaban J connectivity index is 1.69. The van der Waals surface area contributed by atoms with E-state index < -0.39 is 0 Å². The predicted octanol–water partition coefficient (Wildman–Crippen LogP) is 3.62. The van der Waals surface area contributed by atoms with Gasteiger partial charge < -0.3 is 5.32 Å². The molecule has 1 heteroatoms. The maximum atomic E-state index is 3.61. The van der Waals surface area contributed by atoms with Gasteiger partial charge in [0.15, 0.2) is 0 Å². The smallest absolute Gasteiger partial charge is 0.0140 e. The van der Waals surface area contributed by atoms with Crippen molar-refractivity contribution < 1.29 is 0 Å². The number of benzene rings is 1. The van der Waals surface area contributed by atoms with E-state index >= 15 is 0 Å². The molecule has 0 unspecified atom stereocenters. The number of hydrogen-bond acceptors (Lipinski definition) is 1. The molecule has 0 aromatic heterocycles. The van der Waals surface area contributed by atoms with Gasteiger partial charge in [-0.25, -0.2) is 0 Å². The van der Waals surface area contributed by atoms with Crippen LogP contribution < -0.4 is 5.32 Å². The van der Waals surface area contributed by atoms with Crippen LogP contribution in [0.1, 0.15) is 37.7 Å². The lowest BCUT2D eigenvalue weighted by molar-refractivity contribution is 0.385. The van der Waals surface area contributed by atoms with E-state index in [9.17, 15) is 0 Å². The first kappa shape index (κ1) is 11.4. The van der Waals surface area contributed by atoms with Crippen molar-refractivity contribution in [2.45, 2.75) is 38.1 Å². The summed E-state index contributed by atoms with van der Waals surface area (Å²) in [7, 11) is 0. The van der Waals surface area contributed by atoms with E-state index in [4.69, 9.17) is 0 Å². The summed E-state index contributed by atoms with van der Waals surface area (Å²) in [5.41, 5.74) is 1.29. The third-order valence-electron chi connectivity index (χ3n) is 3.24. The van der Waals surface area contributed by atoms with E-state index in [0.717, 1.165) is 12.6 Å². The molecule has 0 heterocycles. The van der Waals surface area contributed by atoms with Crippen LogP contribution in [0.2, 0.25) is 0 Å². The Hall–Kier alpha value is -1.08. The van der Waals surface area contributed by atoms with E-state index in [2.05, 4.69) is 47.8 Å². The molecule has 1 aliphatic carbocycles. The van der Waals surface area contributed by atoms with E-state index in [1.165, 1.54) is 37.7 Å². The van der Waals surface area contributed by atoms with Gasteiger partial charge in [0.05, 0.1) is 0 Å². The molecule has 0 spiro atoms. The number of nitrogens with one attached hydrogen (secondary N) is 1. The van der Waals surface area contributed by atoms with Crippen LogP contribution in [0.3, 0.4) is 0 Å². The third-order valence-corrected chi connectivity index (χ3v) is 3.24. The van der Waals surface area contributed by atoms with Gasteiger partial charge in [0.1, 0.15) is 0 Å². The highest BCUT2D eigenvalue weighted by Crippen LogP contribution is 2.17. The molecule has 0 amide bonds. The molecule has 0 atom stereocenters. The third kappa shape index (κ3) is 3.82. The molecular weight excluding hydrogens is 194 g/mol. The minimum absolute atomic E-state index is 0.758. The number of rotatable bonds is 4. The van der Waals surface area contributed by atoms with Gasteiger partial charge >= 0.3 is 0 Å². The Morgan fingerprint density at radius 3 is 2.56 bits per heavy atom. The molecule has 1 aromatic carbocycles. The number of hydrogen-bond donors (Lipinski definition) is 1. The van der Waals surface area contributed by atoms with Crippen LogP contribution >= 0.6 is 0 Å². The molecule has 86 valence electrons. The lowest BCUT2D eigenvalue weighted by Gasteiger charge is -2.21.